The smallest absolute Gasteiger partial charge is 0.416 e. The summed E-state index contributed by atoms with van der Waals surface area (Å²) in [6.45, 7) is 4.89. The molecule has 2 aromatic carbocycles. The monoisotopic (exact) mass is 628 g/mol. The lowest BCUT2D eigenvalue weighted by Gasteiger charge is -2.36. The number of carboxylic acid groups (broad SMARTS) is 1. The van der Waals surface area contributed by atoms with Crippen LogP contribution < -0.4 is 15.7 Å². The molecule has 1 N–H and O–H groups in total. The molecule has 1 aliphatic heterocycles. The minimum Gasteiger partial charge on any atom is -0.554 e. The number of aromatic amines is 1. The Morgan fingerprint density at radius 2 is 1.91 bits per heavy atom. The standard InChI is InChI=1S/C30H33F3N6O3.CH2O2/c1-6-7-14-39(3,4)15-13-21-16-20(18-34)11-12-24(21)26-25(27(40)42-5)19(2)37(28-35-36-29(41)38(26)28)23-10-8-9-22(17-23)30(31,32)33;2-1-3/h8-12,16-17,26H,6-7,13-15H2,1-5H3;1H,(H,2,3)/t26-;/m1./s1. The number of nitrogens with one attached hydrogen (secondary N) is 1. The number of anilines is 2. The largest absolute Gasteiger partial charge is 0.554 e. The fourth-order valence-corrected chi connectivity index (χ4v) is 5.36. The number of quaternary nitrogens is 1. The molecule has 0 spiro atoms. The Labute approximate surface area is 258 Å². The molecule has 0 bridgehead atoms. The Balaban J connectivity index is 0.00000177. The van der Waals surface area contributed by atoms with E-state index in [0.717, 1.165) is 48.1 Å². The lowest BCUT2D eigenvalue weighted by Crippen LogP contribution is -2.42. The highest BCUT2D eigenvalue weighted by atomic mass is 19.4. The summed E-state index contributed by atoms with van der Waals surface area (Å²) in [6.07, 6.45) is -1.96. The highest BCUT2D eigenvalue weighted by Crippen LogP contribution is 2.43. The Morgan fingerprint density at radius 1 is 1.22 bits per heavy atom. The van der Waals surface area contributed by atoms with E-state index in [1.165, 1.54) is 28.7 Å². The van der Waals surface area contributed by atoms with Crippen molar-refractivity contribution in [1.29, 1.82) is 5.26 Å². The average molecular weight is 629 g/mol. The van der Waals surface area contributed by atoms with Gasteiger partial charge in [0.2, 0.25) is 5.95 Å². The fourth-order valence-electron chi connectivity index (χ4n) is 5.36. The van der Waals surface area contributed by atoms with Crippen LogP contribution in [-0.4, -0.2) is 66.0 Å². The van der Waals surface area contributed by atoms with Gasteiger partial charge < -0.3 is 19.1 Å². The maximum atomic E-state index is 13.6. The molecule has 0 saturated carbocycles. The Kier molecular flexibility index (Phi) is 11.0. The third-order valence-electron chi connectivity index (χ3n) is 7.65. The Morgan fingerprint density at radius 3 is 2.51 bits per heavy atom. The molecule has 14 heteroatoms. The predicted molar refractivity (Wildman–Crippen MR) is 157 cm³/mol. The highest BCUT2D eigenvalue weighted by Gasteiger charge is 2.41. The van der Waals surface area contributed by atoms with Gasteiger partial charge in [0.1, 0.15) is 6.04 Å². The van der Waals surface area contributed by atoms with Crippen molar-refractivity contribution in [3.63, 3.8) is 0 Å². The maximum absolute atomic E-state index is 13.6. The molecule has 0 amide bonds. The van der Waals surface area contributed by atoms with Gasteiger partial charge in [-0.3, -0.25) is 4.90 Å². The first-order chi connectivity index (χ1) is 21.2. The number of aromatic nitrogens is 3. The number of unbranched alkanes of at least 4 members (excludes halogenated alkanes) is 1. The minimum absolute atomic E-state index is 0.0174. The van der Waals surface area contributed by atoms with Crippen LogP contribution in [0.3, 0.4) is 0 Å². The van der Waals surface area contributed by atoms with E-state index in [2.05, 4.69) is 37.3 Å². The highest BCUT2D eigenvalue weighted by molar-refractivity contribution is 5.93. The quantitative estimate of drug-likeness (QED) is 0.216. The first-order valence-electron chi connectivity index (χ1n) is 14.1. The number of esters is 1. The number of methoxy groups -OCH3 is 1. The number of likely N-dealkylation sites (N-methyl/N-ethyl adjacent to an activating group) is 1. The van der Waals surface area contributed by atoms with Crippen molar-refractivity contribution in [2.45, 2.75) is 45.3 Å². The van der Waals surface area contributed by atoms with Gasteiger partial charge in [-0.1, -0.05) is 25.5 Å². The van der Waals surface area contributed by atoms with Gasteiger partial charge in [-0.25, -0.2) is 19.3 Å². The van der Waals surface area contributed by atoms with Crippen molar-refractivity contribution in [1.82, 2.24) is 14.8 Å². The number of ether oxygens (including phenoxy) is 1. The normalized spacial score (nSPS) is 14.6. The maximum Gasteiger partial charge on any atom is 0.416 e. The van der Waals surface area contributed by atoms with Crippen LogP contribution >= 0.6 is 0 Å². The molecule has 2 heterocycles. The lowest BCUT2D eigenvalue weighted by atomic mass is 9.89. The summed E-state index contributed by atoms with van der Waals surface area (Å²) in [5.74, 6) is -0.730. The summed E-state index contributed by atoms with van der Waals surface area (Å²) in [6, 6.07) is 10.8. The number of halogens is 3. The summed E-state index contributed by atoms with van der Waals surface area (Å²) >= 11 is 0. The number of nitriles is 1. The molecule has 240 valence electrons. The van der Waals surface area contributed by atoms with Crippen molar-refractivity contribution < 1.29 is 37.1 Å². The van der Waals surface area contributed by atoms with E-state index in [4.69, 9.17) is 14.6 Å². The first kappa shape index (κ1) is 34.6. The van der Waals surface area contributed by atoms with Crippen LogP contribution in [0.25, 0.3) is 0 Å². The van der Waals surface area contributed by atoms with Crippen LogP contribution in [0, 0.1) is 11.3 Å². The van der Waals surface area contributed by atoms with Gasteiger partial charge in [0, 0.05) is 24.3 Å². The van der Waals surface area contributed by atoms with Gasteiger partial charge in [0.25, 0.3) is 0 Å². The third kappa shape index (κ3) is 7.61. The van der Waals surface area contributed by atoms with Crippen molar-refractivity contribution in [3.8, 4) is 6.07 Å². The number of nitrogens with zero attached hydrogens (tertiary/aromatic N) is 5. The second kappa shape index (κ2) is 14.3. The van der Waals surface area contributed by atoms with E-state index in [9.17, 15) is 28.0 Å². The van der Waals surface area contributed by atoms with Gasteiger partial charge in [0.15, 0.2) is 0 Å². The van der Waals surface area contributed by atoms with E-state index >= 15 is 0 Å². The molecule has 0 aliphatic carbocycles. The van der Waals surface area contributed by atoms with E-state index in [0.29, 0.717) is 17.5 Å². The SMILES string of the molecule is CCCC[N+](C)(C)CCc1cc(C#N)ccc1[C@@H]1C(C(=O)OC)=C(C)N(c2cccc(C(F)(F)F)c2)c2n[nH]c(=O)n21.O=C[O-]. The molecule has 4 rings (SSSR count). The van der Waals surface area contributed by atoms with E-state index < -0.39 is 35.9 Å². The van der Waals surface area contributed by atoms with Crippen molar-refractivity contribution in [2.24, 2.45) is 0 Å². The van der Waals surface area contributed by atoms with Gasteiger partial charge in [0.05, 0.1) is 57.1 Å². The topological polar surface area (TPSA) is 144 Å². The van der Waals surface area contributed by atoms with E-state index in [1.54, 1.807) is 25.1 Å². The fraction of sp³-hybridized carbons (Fsp3) is 0.387. The number of carbonyl (C=O) groups is 2. The van der Waals surface area contributed by atoms with Crippen LogP contribution in [0.4, 0.5) is 24.8 Å². The average Bonchev–Trinajstić information content (AvgIpc) is 3.38. The molecule has 45 heavy (non-hydrogen) atoms. The van der Waals surface area contributed by atoms with Gasteiger partial charge in [-0.15, -0.1) is 5.10 Å². The predicted octanol–water partition coefficient (Wildman–Crippen LogP) is 3.44. The number of rotatable bonds is 9. The van der Waals surface area contributed by atoms with Crippen LogP contribution in [0.2, 0.25) is 0 Å². The number of fused-ring (bicyclic) bond motifs is 1. The summed E-state index contributed by atoms with van der Waals surface area (Å²) < 4.78 is 47.9. The Hall–Kier alpha value is -4.90. The van der Waals surface area contributed by atoms with E-state index in [-0.39, 0.29) is 22.9 Å². The van der Waals surface area contributed by atoms with Crippen LogP contribution in [0.5, 0.6) is 0 Å². The van der Waals surface area contributed by atoms with E-state index in [1.807, 2.05) is 0 Å². The first-order valence-corrected chi connectivity index (χ1v) is 14.1. The molecule has 0 unspecified atom stereocenters. The van der Waals surface area contributed by atoms with Crippen molar-refractivity contribution in [3.05, 3.63) is 86.5 Å². The molecule has 3 aromatic rings. The number of benzene rings is 2. The van der Waals surface area contributed by atoms with Crippen molar-refractivity contribution in [2.75, 3.05) is 39.2 Å². The number of H-pyrrole nitrogens is 1. The summed E-state index contributed by atoms with van der Waals surface area (Å²) in [7, 11) is 5.45. The number of alkyl halides is 3. The zero-order valence-electron chi connectivity index (χ0n) is 25.6. The number of hydrogen-bond donors (Lipinski definition) is 1. The second-order valence-corrected chi connectivity index (χ2v) is 11.1. The van der Waals surface area contributed by atoms with Gasteiger partial charge in [-0.2, -0.15) is 18.4 Å². The number of carbonyl (C=O) groups excluding carboxylic acids is 2. The van der Waals surface area contributed by atoms with Gasteiger partial charge in [-0.05, 0) is 54.8 Å². The molecule has 0 saturated heterocycles. The van der Waals surface area contributed by atoms with Crippen molar-refractivity contribution >= 4 is 24.1 Å². The molecule has 11 nitrogen and oxygen atoms in total. The summed E-state index contributed by atoms with van der Waals surface area (Å²) in [4.78, 5) is 36.3. The second-order valence-electron chi connectivity index (χ2n) is 11.1. The summed E-state index contributed by atoms with van der Waals surface area (Å²) in [5, 5.41) is 24.5. The van der Waals surface area contributed by atoms with Gasteiger partial charge >= 0.3 is 17.8 Å². The molecule has 0 radical (unpaired) electrons. The summed E-state index contributed by atoms with van der Waals surface area (Å²) in [5.41, 5.74) is 0.628. The van der Waals surface area contributed by atoms with Crippen LogP contribution in [-0.2, 0) is 26.9 Å². The molecule has 1 aliphatic rings. The zero-order valence-corrected chi connectivity index (χ0v) is 25.6. The van der Waals surface area contributed by atoms with Crippen LogP contribution in [0.1, 0.15) is 55.0 Å². The molecule has 1 aromatic heterocycles. The Bertz CT molecular complexity index is 1670. The number of hydrogen-bond acceptors (Lipinski definition) is 8. The minimum atomic E-state index is -4.61. The molecular formula is C31H35F3N6O5. The lowest BCUT2D eigenvalue weighted by molar-refractivity contribution is -0.890. The molecular weight excluding hydrogens is 593 g/mol. The zero-order chi connectivity index (χ0) is 33.5. The third-order valence-corrected chi connectivity index (χ3v) is 7.65. The number of allylic oxidation sites excluding steroid dienone is 1. The molecule has 1 atom stereocenters. The molecule has 0 fully saturated rings. The van der Waals surface area contributed by atoms with Crippen LogP contribution in [0.15, 0.2) is 58.5 Å².